The van der Waals surface area contributed by atoms with Crippen LogP contribution in [0.2, 0.25) is 0 Å². The largest absolute Gasteiger partial charge is 0.0776 e. The molecule has 8 aliphatic rings. The average molecular weight is 679 g/mol. The van der Waals surface area contributed by atoms with Crippen LogP contribution in [0, 0.1) is 44.3 Å². The highest BCUT2D eigenvalue weighted by Gasteiger charge is 2.73. The fourth-order valence-electron chi connectivity index (χ4n) is 14.5. The lowest BCUT2D eigenvalue weighted by Gasteiger charge is -2.76. The average Bonchev–Trinajstić information content (AvgIpc) is 3.16. The monoisotopic (exact) mass is 678 g/mol. The Labute approximate surface area is 312 Å². The first kappa shape index (κ1) is 32.5. The Bertz CT molecular complexity index is 1730. The van der Waals surface area contributed by atoms with Crippen LogP contribution in [0.15, 0.2) is 146 Å². The van der Waals surface area contributed by atoms with Crippen LogP contribution in [0.5, 0.6) is 0 Å². The molecule has 0 nitrogen and oxygen atoms in total. The second-order valence-electron chi connectivity index (χ2n) is 19.0. The van der Waals surface area contributed by atoms with Crippen molar-refractivity contribution in [3.8, 4) is 0 Å². The fraction of sp³-hybridized carbons (Fsp3) is 0.385. The molecule has 8 fully saturated rings. The standard InChI is InChI=1S/C52H54/c1-5-13-41(14-6-1)21-25-47-29-45-30-48(35-47,26-22-42-15-7-2-8-16-42)38-51(33-45,37-47)52-34-46-31-49(39-52,27-23-43-17-9-3-10-18-43)36-50(32-46,40-52)28-24-44-19-11-4-12-20-44/h1-28,45-46H,29-40H2. The Hall–Kier alpha value is -4.16. The molecule has 4 aromatic rings. The van der Waals surface area contributed by atoms with Gasteiger partial charge in [0.25, 0.3) is 0 Å². The van der Waals surface area contributed by atoms with Crippen LogP contribution in [0.3, 0.4) is 0 Å². The molecule has 0 heteroatoms. The van der Waals surface area contributed by atoms with Gasteiger partial charge in [-0.2, -0.15) is 0 Å². The molecule has 12 rings (SSSR count). The van der Waals surface area contributed by atoms with E-state index in [9.17, 15) is 0 Å². The lowest BCUT2D eigenvalue weighted by molar-refractivity contribution is -0.246. The van der Waals surface area contributed by atoms with Gasteiger partial charge in [0.15, 0.2) is 0 Å². The van der Waals surface area contributed by atoms with E-state index in [-0.39, 0.29) is 21.7 Å². The zero-order valence-electron chi connectivity index (χ0n) is 30.8. The zero-order valence-corrected chi connectivity index (χ0v) is 30.8. The van der Waals surface area contributed by atoms with Gasteiger partial charge in [0, 0.05) is 0 Å². The van der Waals surface area contributed by atoms with E-state index in [1.165, 1.54) is 99.3 Å². The lowest BCUT2D eigenvalue weighted by atomic mass is 9.28. The Morgan fingerprint density at radius 3 is 0.808 bits per heavy atom. The van der Waals surface area contributed by atoms with Gasteiger partial charge < -0.3 is 0 Å². The SMILES string of the molecule is C(=CC12CC3CC(C=Cc4ccccc4)(C1)CC(C14CC5CC(C=Cc6ccccc6)(CC(C=Cc6ccccc6)(C5)C1)C4)(C3)C2)c1ccccc1. The van der Waals surface area contributed by atoms with E-state index in [0.717, 1.165) is 11.8 Å². The molecule has 52 heavy (non-hydrogen) atoms. The number of rotatable bonds is 9. The Morgan fingerprint density at radius 1 is 0.308 bits per heavy atom. The molecule has 8 saturated carbocycles. The second-order valence-corrected chi connectivity index (χ2v) is 19.0. The van der Waals surface area contributed by atoms with E-state index >= 15 is 0 Å². The van der Waals surface area contributed by atoms with Crippen molar-refractivity contribution in [3.05, 3.63) is 168 Å². The number of hydrogen-bond donors (Lipinski definition) is 0. The predicted molar refractivity (Wildman–Crippen MR) is 219 cm³/mol. The van der Waals surface area contributed by atoms with Gasteiger partial charge in [-0.05, 0) is 144 Å². The number of hydrogen-bond acceptors (Lipinski definition) is 0. The van der Waals surface area contributed by atoms with E-state index in [2.05, 4.69) is 170 Å². The predicted octanol–water partition coefficient (Wildman–Crippen LogP) is 13.8. The third-order valence-electron chi connectivity index (χ3n) is 15.2. The molecule has 0 amide bonds. The van der Waals surface area contributed by atoms with Gasteiger partial charge in [0.1, 0.15) is 0 Å². The van der Waals surface area contributed by atoms with Crippen molar-refractivity contribution < 1.29 is 0 Å². The third kappa shape index (κ3) is 5.73. The normalized spacial score (nSPS) is 38.8. The summed E-state index contributed by atoms with van der Waals surface area (Å²) in [5.41, 5.74) is 7.20. The Morgan fingerprint density at radius 2 is 0.558 bits per heavy atom. The van der Waals surface area contributed by atoms with E-state index in [1.807, 2.05) is 0 Å². The summed E-state index contributed by atoms with van der Waals surface area (Å²) in [4.78, 5) is 0. The Balaban J connectivity index is 1.09. The maximum absolute atomic E-state index is 2.74. The summed E-state index contributed by atoms with van der Waals surface area (Å²) in [7, 11) is 0. The van der Waals surface area contributed by atoms with Crippen molar-refractivity contribution in [3.63, 3.8) is 0 Å². The van der Waals surface area contributed by atoms with Crippen LogP contribution >= 0.6 is 0 Å². The van der Waals surface area contributed by atoms with E-state index in [1.54, 1.807) is 0 Å². The summed E-state index contributed by atoms with van der Waals surface area (Å²) in [6.07, 6.45) is 37.5. The summed E-state index contributed by atoms with van der Waals surface area (Å²) < 4.78 is 0. The van der Waals surface area contributed by atoms with Crippen molar-refractivity contribution in [1.82, 2.24) is 0 Å². The van der Waals surface area contributed by atoms with Crippen LogP contribution in [0.25, 0.3) is 24.3 Å². The Kier molecular flexibility index (Phi) is 7.62. The van der Waals surface area contributed by atoms with Gasteiger partial charge in [0.05, 0.1) is 0 Å². The molecule has 4 aromatic carbocycles. The smallest absolute Gasteiger partial charge is 0.00985 e. The van der Waals surface area contributed by atoms with Crippen LogP contribution in [0.4, 0.5) is 0 Å². The molecule has 0 spiro atoms. The van der Waals surface area contributed by atoms with Gasteiger partial charge in [-0.3, -0.25) is 0 Å². The molecule has 8 bridgehead atoms. The van der Waals surface area contributed by atoms with Crippen molar-refractivity contribution in [1.29, 1.82) is 0 Å². The van der Waals surface area contributed by atoms with E-state index < -0.39 is 0 Å². The van der Waals surface area contributed by atoms with Crippen LogP contribution in [-0.4, -0.2) is 0 Å². The zero-order chi connectivity index (χ0) is 34.7. The molecule has 4 atom stereocenters. The summed E-state index contributed by atoms with van der Waals surface area (Å²) >= 11 is 0. The maximum Gasteiger partial charge on any atom is -0.00985 e. The van der Waals surface area contributed by atoms with Crippen molar-refractivity contribution in [2.24, 2.45) is 44.3 Å². The maximum atomic E-state index is 2.74. The molecule has 0 radical (unpaired) electrons. The second kappa shape index (κ2) is 12.2. The van der Waals surface area contributed by atoms with Gasteiger partial charge >= 0.3 is 0 Å². The molecule has 4 unspecified atom stereocenters. The molecule has 262 valence electrons. The first-order valence-corrected chi connectivity index (χ1v) is 20.3. The highest BCUT2D eigenvalue weighted by atomic mass is 14.8. The van der Waals surface area contributed by atoms with Gasteiger partial charge in [-0.1, -0.05) is 170 Å². The minimum atomic E-state index is 0.264. The third-order valence-corrected chi connectivity index (χ3v) is 15.2. The highest BCUT2D eigenvalue weighted by molar-refractivity contribution is 5.55. The minimum Gasteiger partial charge on any atom is -0.0776 e. The van der Waals surface area contributed by atoms with Crippen molar-refractivity contribution >= 4 is 24.3 Å². The highest BCUT2D eigenvalue weighted by Crippen LogP contribution is 2.82. The first-order chi connectivity index (χ1) is 25.4. The molecule has 8 aliphatic carbocycles. The summed E-state index contributed by atoms with van der Waals surface area (Å²) in [6.45, 7) is 0. The molecule has 0 aliphatic heterocycles. The van der Waals surface area contributed by atoms with Gasteiger partial charge in [-0.15, -0.1) is 0 Å². The topological polar surface area (TPSA) is 0 Å². The van der Waals surface area contributed by atoms with E-state index in [0.29, 0.717) is 10.8 Å². The molecular formula is C52H54. The molecule has 0 N–H and O–H groups in total. The van der Waals surface area contributed by atoms with E-state index in [4.69, 9.17) is 0 Å². The van der Waals surface area contributed by atoms with Gasteiger partial charge in [-0.25, -0.2) is 0 Å². The number of allylic oxidation sites excluding steroid dienone is 4. The van der Waals surface area contributed by atoms with Crippen molar-refractivity contribution in [2.75, 3.05) is 0 Å². The first-order valence-electron chi connectivity index (χ1n) is 20.3. The van der Waals surface area contributed by atoms with Crippen LogP contribution in [-0.2, 0) is 0 Å². The molecule has 0 heterocycles. The summed E-state index contributed by atoms with van der Waals surface area (Å²) in [5, 5.41) is 0. The number of benzene rings is 4. The lowest BCUT2D eigenvalue weighted by Crippen LogP contribution is -2.67. The minimum absolute atomic E-state index is 0.264. The quantitative estimate of drug-likeness (QED) is 0.165. The molecule has 0 saturated heterocycles. The van der Waals surface area contributed by atoms with Crippen LogP contribution < -0.4 is 0 Å². The van der Waals surface area contributed by atoms with Crippen molar-refractivity contribution in [2.45, 2.75) is 77.0 Å². The summed E-state index contributed by atoms with van der Waals surface area (Å²) in [6, 6.07) is 44.6. The molecular weight excluding hydrogens is 625 g/mol. The van der Waals surface area contributed by atoms with Gasteiger partial charge in [0.2, 0.25) is 0 Å². The van der Waals surface area contributed by atoms with Crippen LogP contribution in [0.1, 0.15) is 99.3 Å². The summed E-state index contributed by atoms with van der Waals surface area (Å²) in [5.74, 6) is 1.61. The fourth-order valence-corrected chi connectivity index (χ4v) is 14.5. The molecule has 0 aromatic heterocycles.